The summed E-state index contributed by atoms with van der Waals surface area (Å²) in [6.45, 7) is -0.640. The fourth-order valence-corrected chi connectivity index (χ4v) is 3.62. The summed E-state index contributed by atoms with van der Waals surface area (Å²) in [5.74, 6) is -0.485. The van der Waals surface area contributed by atoms with Gasteiger partial charge in [0.1, 0.15) is 24.4 Å². The minimum absolute atomic E-state index is 0.0842. The average molecular weight is 400 g/mol. The van der Waals surface area contributed by atoms with E-state index >= 15 is 0 Å². The number of ketones is 2. The lowest BCUT2D eigenvalue weighted by Crippen LogP contribution is -2.59. The van der Waals surface area contributed by atoms with Crippen LogP contribution in [0.15, 0.2) is 42.5 Å². The van der Waals surface area contributed by atoms with Crippen LogP contribution in [0.4, 0.5) is 0 Å². The molecule has 4 rings (SSSR count). The van der Waals surface area contributed by atoms with Gasteiger partial charge < -0.3 is 29.9 Å². The number of aliphatic hydroxyl groups excluding tert-OH is 4. The van der Waals surface area contributed by atoms with Crippen molar-refractivity contribution in [1.29, 1.82) is 0 Å². The molecule has 0 amide bonds. The maximum Gasteiger partial charge on any atom is 0.194 e. The van der Waals surface area contributed by atoms with Crippen molar-refractivity contribution in [2.75, 3.05) is 6.61 Å². The quantitative estimate of drug-likeness (QED) is 0.472. The number of hydrogen-bond donors (Lipinski definition) is 4. The van der Waals surface area contributed by atoms with E-state index in [2.05, 4.69) is 0 Å². The highest BCUT2D eigenvalue weighted by Gasteiger charge is 2.44. The van der Waals surface area contributed by atoms with E-state index in [0.717, 1.165) is 0 Å². The number of rotatable bonds is 4. The molecule has 4 N–H and O–H groups in total. The third-order valence-corrected chi connectivity index (χ3v) is 5.25. The Hall–Kier alpha value is -2.46. The van der Waals surface area contributed by atoms with Crippen LogP contribution in [-0.2, 0) is 16.1 Å². The molecule has 29 heavy (non-hydrogen) atoms. The molecule has 152 valence electrons. The standard InChI is InChI=1S/C21H20O8/c22-8-15-18(25)19(26)20(27)21(29-15)28-9-10-5-6-13-14(7-10)17(24)12-4-2-1-3-11(12)16(13)23/h1-7,15,18-22,25-27H,8-9H2. The Balaban J connectivity index is 1.53. The monoisotopic (exact) mass is 400 g/mol. The molecule has 1 fully saturated rings. The highest BCUT2D eigenvalue weighted by Crippen LogP contribution is 2.29. The van der Waals surface area contributed by atoms with Gasteiger partial charge in [0.15, 0.2) is 17.9 Å². The largest absolute Gasteiger partial charge is 0.394 e. The summed E-state index contributed by atoms with van der Waals surface area (Å²) in [5, 5.41) is 38.9. The van der Waals surface area contributed by atoms with E-state index in [-0.39, 0.29) is 23.7 Å². The van der Waals surface area contributed by atoms with Crippen molar-refractivity contribution in [1.82, 2.24) is 0 Å². The van der Waals surface area contributed by atoms with Crippen LogP contribution in [0.5, 0.6) is 0 Å². The van der Waals surface area contributed by atoms with Crippen molar-refractivity contribution in [3.8, 4) is 0 Å². The molecule has 8 nitrogen and oxygen atoms in total. The SMILES string of the molecule is O=C1c2ccccc2C(=O)c2cc(COC3OC(CO)C(O)C(O)C3O)ccc21. The van der Waals surface area contributed by atoms with Crippen molar-refractivity contribution in [2.24, 2.45) is 0 Å². The lowest BCUT2D eigenvalue weighted by molar-refractivity contribution is -0.304. The summed E-state index contributed by atoms with van der Waals surface area (Å²) >= 11 is 0. The first-order valence-electron chi connectivity index (χ1n) is 9.16. The van der Waals surface area contributed by atoms with Crippen molar-refractivity contribution in [2.45, 2.75) is 37.3 Å². The summed E-state index contributed by atoms with van der Waals surface area (Å²) in [4.78, 5) is 25.4. The molecule has 2 aromatic carbocycles. The van der Waals surface area contributed by atoms with E-state index in [9.17, 15) is 30.0 Å². The number of fused-ring (bicyclic) bond motifs is 2. The molecule has 1 saturated heterocycles. The minimum Gasteiger partial charge on any atom is -0.394 e. The Morgan fingerprint density at radius 1 is 0.828 bits per heavy atom. The molecule has 0 saturated carbocycles. The van der Waals surface area contributed by atoms with Crippen LogP contribution in [0, 0.1) is 0 Å². The molecule has 0 aromatic heterocycles. The summed E-state index contributed by atoms with van der Waals surface area (Å²) in [7, 11) is 0. The maximum absolute atomic E-state index is 12.8. The summed E-state index contributed by atoms with van der Waals surface area (Å²) in [5.41, 5.74) is 1.85. The number of hydrogen-bond acceptors (Lipinski definition) is 8. The Morgan fingerprint density at radius 3 is 2.10 bits per heavy atom. The zero-order valence-electron chi connectivity index (χ0n) is 15.3. The lowest BCUT2D eigenvalue weighted by atomic mass is 9.83. The average Bonchev–Trinajstić information content (AvgIpc) is 2.75. The molecule has 2 aromatic rings. The molecule has 0 bridgehead atoms. The smallest absolute Gasteiger partial charge is 0.194 e. The molecule has 1 aliphatic heterocycles. The topological polar surface area (TPSA) is 134 Å². The maximum atomic E-state index is 12.8. The summed E-state index contributed by atoms with van der Waals surface area (Å²) < 4.78 is 10.8. The highest BCUT2D eigenvalue weighted by molar-refractivity contribution is 6.28. The first-order chi connectivity index (χ1) is 13.9. The van der Waals surface area contributed by atoms with Crippen LogP contribution in [0.3, 0.4) is 0 Å². The Kier molecular flexibility index (Phi) is 5.30. The van der Waals surface area contributed by atoms with E-state index in [0.29, 0.717) is 22.3 Å². The summed E-state index contributed by atoms with van der Waals surface area (Å²) in [6.07, 6.45) is -6.87. The molecular formula is C21H20O8. The minimum atomic E-state index is -1.54. The Labute approximate surface area is 165 Å². The van der Waals surface area contributed by atoms with Crippen molar-refractivity contribution in [3.63, 3.8) is 0 Å². The number of carbonyl (C=O) groups is 2. The second-order valence-corrected chi connectivity index (χ2v) is 7.09. The zero-order valence-corrected chi connectivity index (χ0v) is 15.3. The number of carbonyl (C=O) groups excluding carboxylic acids is 2. The third-order valence-electron chi connectivity index (χ3n) is 5.25. The zero-order chi connectivity index (χ0) is 20.7. The van der Waals surface area contributed by atoms with Crippen molar-refractivity contribution >= 4 is 11.6 Å². The molecule has 8 heteroatoms. The number of aliphatic hydroxyl groups is 4. The highest BCUT2D eigenvalue weighted by atomic mass is 16.7. The van der Waals surface area contributed by atoms with Gasteiger partial charge in [-0.15, -0.1) is 0 Å². The van der Waals surface area contributed by atoms with Gasteiger partial charge in [-0.3, -0.25) is 9.59 Å². The van der Waals surface area contributed by atoms with Gasteiger partial charge in [-0.1, -0.05) is 30.3 Å². The van der Waals surface area contributed by atoms with Crippen LogP contribution >= 0.6 is 0 Å². The second-order valence-electron chi connectivity index (χ2n) is 7.09. The molecule has 0 spiro atoms. The van der Waals surface area contributed by atoms with Crippen molar-refractivity contribution in [3.05, 3.63) is 70.3 Å². The van der Waals surface area contributed by atoms with Crippen LogP contribution < -0.4 is 0 Å². The van der Waals surface area contributed by atoms with Gasteiger partial charge in [0.2, 0.25) is 0 Å². The molecule has 5 unspecified atom stereocenters. The van der Waals surface area contributed by atoms with Gasteiger partial charge >= 0.3 is 0 Å². The van der Waals surface area contributed by atoms with Crippen LogP contribution in [0.2, 0.25) is 0 Å². The molecule has 5 atom stereocenters. The molecule has 0 radical (unpaired) electrons. The predicted octanol–water partition coefficient (Wildman–Crippen LogP) is -0.222. The van der Waals surface area contributed by atoms with E-state index in [4.69, 9.17) is 9.47 Å². The first kappa shape index (κ1) is 19.8. The number of benzene rings is 2. The van der Waals surface area contributed by atoms with Gasteiger partial charge in [0.25, 0.3) is 0 Å². The lowest BCUT2D eigenvalue weighted by Gasteiger charge is -2.39. The van der Waals surface area contributed by atoms with Gasteiger partial charge in [-0.05, 0) is 17.7 Å². The number of ether oxygens (including phenoxy) is 2. The van der Waals surface area contributed by atoms with E-state index in [1.165, 1.54) is 0 Å². The molecule has 2 aliphatic rings. The van der Waals surface area contributed by atoms with Crippen molar-refractivity contribution < 1.29 is 39.5 Å². The summed E-state index contributed by atoms with van der Waals surface area (Å²) in [6, 6.07) is 11.4. The van der Waals surface area contributed by atoms with Gasteiger partial charge in [-0.2, -0.15) is 0 Å². The molecule has 1 heterocycles. The molecular weight excluding hydrogens is 380 g/mol. The molecule has 1 aliphatic carbocycles. The predicted molar refractivity (Wildman–Crippen MR) is 98.3 cm³/mol. The fraction of sp³-hybridized carbons (Fsp3) is 0.333. The third kappa shape index (κ3) is 3.40. The van der Waals surface area contributed by atoms with Crippen LogP contribution in [0.1, 0.15) is 37.4 Å². The van der Waals surface area contributed by atoms with E-state index in [1.54, 1.807) is 42.5 Å². The Bertz CT molecular complexity index is 953. The van der Waals surface area contributed by atoms with Gasteiger partial charge in [0.05, 0.1) is 13.2 Å². The van der Waals surface area contributed by atoms with Gasteiger partial charge in [0, 0.05) is 22.3 Å². The second kappa shape index (κ2) is 7.75. The van der Waals surface area contributed by atoms with E-state index in [1.807, 2.05) is 0 Å². The first-order valence-corrected chi connectivity index (χ1v) is 9.16. The van der Waals surface area contributed by atoms with Crippen LogP contribution in [0.25, 0.3) is 0 Å². The Morgan fingerprint density at radius 2 is 1.45 bits per heavy atom. The van der Waals surface area contributed by atoms with Crippen LogP contribution in [-0.4, -0.2) is 69.3 Å². The van der Waals surface area contributed by atoms with Gasteiger partial charge in [-0.25, -0.2) is 0 Å². The van der Waals surface area contributed by atoms with E-state index < -0.39 is 37.3 Å². The normalized spacial score (nSPS) is 28.8. The fourth-order valence-electron chi connectivity index (χ4n) is 3.62.